The van der Waals surface area contributed by atoms with E-state index in [-0.39, 0.29) is 11.1 Å². The molecule has 3 N–H and O–H groups in total. The molecule has 0 bridgehead atoms. The molecule has 1 atom stereocenters. The van der Waals surface area contributed by atoms with E-state index in [0.717, 1.165) is 5.69 Å². The van der Waals surface area contributed by atoms with Gasteiger partial charge < -0.3 is 0 Å². The lowest BCUT2D eigenvalue weighted by molar-refractivity contribution is 0.536. The second kappa shape index (κ2) is 5.91. The number of rotatable bonds is 4. The van der Waals surface area contributed by atoms with Crippen molar-refractivity contribution in [2.24, 2.45) is 5.84 Å². The number of hydrogen-bond acceptors (Lipinski definition) is 3. The average molecular weight is 266 g/mol. The van der Waals surface area contributed by atoms with Crippen LogP contribution in [-0.2, 0) is 6.42 Å². The Labute approximate surface area is 110 Å². The van der Waals surface area contributed by atoms with Crippen LogP contribution in [0.25, 0.3) is 0 Å². The molecule has 2 aromatic rings. The molecule has 0 aliphatic heterocycles. The van der Waals surface area contributed by atoms with Crippen LogP contribution in [0.2, 0.25) is 5.02 Å². The van der Waals surface area contributed by atoms with E-state index in [9.17, 15) is 4.39 Å². The molecular formula is C13H13ClFN3. The lowest BCUT2D eigenvalue weighted by Crippen LogP contribution is -2.30. The van der Waals surface area contributed by atoms with Crippen LogP contribution >= 0.6 is 11.6 Å². The molecule has 0 saturated heterocycles. The molecule has 18 heavy (non-hydrogen) atoms. The maximum atomic E-state index is 13.3. The molecule has 94 valence electrons. The van der Waals surface area contributed by atoms with E-state index in [1.807, 2.05) is 18.2 Å². The summed E-state index contributed by atoms with van der Waals surface area (Å²) in [5.74, 6) is 5.09. The highest BCUT2D eigenvalue weighted by Crippen LogP contribution is 2.24. The number of nitrogens with two attached hydrogens (primary N) is 1. The van der Waals surface area contributed by atoms with Gasteiger partial charge in [0.2, 0.25) is 0 Å². The number of pyridine rings is 1. The Morgan fingerprint density at radius 1 is 1.28 bits per heavy atom. The Kier molecular flexibility index (Phi) is 4.25. The minimum atomic E-state index is -0.425. The molecule has 1 aromatic heterocycles. The van der Waals surface area contributed by atoms with Crippen LogP contribution in [0, 0.1) is 5.82 Å². The van der Waals surface area contributed by atoms with E-state index in [4.69, 9.17) is 17.4 Å². The minimum Gasteiger partial charge on any atom is -0.271 e. The van der Waals surface area contributed by atoms with Crippen molar-refractivity contribution in [3.8, 4) is 0 Å². The van der Waals surface area contributed by atoms with Crippen molar-refractivity contribution in [3.63, 3.8) is 0 Å². The molecule has 2 rings (SSSR count). The van der Waals surface area contributed by atoms with Crippen LogP contribution in [0.4, 0.5) is 4.39 Å². The highest BCUT2D eigenvalue weighted by Gasteiger charge is 2.14. The molecule has 0 spiro atoms. The van der Waals surface area contributed by atoms with Gasteiger partial charge in [-0.05, 0) is 30.2 Å². The number of nitrogens with one attached hydrogen (secondary N) is 1. The summed E-state index contributed by atoms with van der Waals surface area (Å²) in [6.07, 6.45) is 2.16. The number of aromatic nitrogens is 1. The Morgan fingerprint density at radius 2 is 2.11 bits per heavy atom. The largest absolute Gasteiger partial charge is 0.271 e. The molecule has 0 radical (unpaired) electrons. The average Bonchev–Trinajstić information content (AvgIpc) is 2.41. The number of hydrogen-bond donors (Lipinski definition) is 2. The van der Waals surface area contributed by atoms with Gasteiger partial charge in [-0.15, -0.1) is 0 Å². The van der Waals surface area contributed by atoms with Gasteiger partial charge in [0.25, 0.3) is 0 Å². The normalized spacial score (nSPS) is 12.4. The first-order chi connectivity index (χ1) is 8.72. The summed E-state index contributed by atoms with van der Waals surface area (Å²) in [5.41, 5.74) is 4.16. The van der Waals surface area contributed by atoms with Gasteiger partial charge in [-0.2, -0.15) is 0 Å². The van der Waals surface area contributed by atoms with Crippen LogP contribution in [0.5, 0.6) is 0 Å². The van der Waals surface area contributed by atoms with E-state index in [1.165, 1.54) is 6.07 Å². The minimum absolute atomic E-state index is 0.133. The standard InChI is InChI=1S/C13H13ClFN3/c14-13-9(4-3-5-10(13)15)8-12(18-16)11-6-1-2-7-17-11/h1-7,12,18H,8,16H2. The van der Waals surface area contributed by atoms with Crippen molar-refractivity contribution in [3.05, 3.63) is 64.7 Å². The van der Waals surface area contributed by atoms with Crippen LogP contribution in [0.15, 0.2) is 42.6 Å². The van der Waals surface area contributed by atoms with Crippen molar-refractivity contribution in [2.75, 3.05) is 0 Å². The number of halogens is 2. The molecule has 0 amide bonds. The van der Waals surface area contributed by atoms with E-state index in [0.29, 0.717) is 12.0 Å². The lowest BCUT2D eigenvalue weighted by atomic mass is 10.0. The molecule has 5 heteroatoms. The molecule has 0 saturated carbocycles. The van der Waals surface area contributed by atoms with Crippen LogP contribution in [0.1, 0.15) is 17.3 Å². The molecule has 0 aliphatic rings. The Balaban J connectivity index is 2.24. The van der Waals surface area contributed by atoms with Crippen molar-refractivity contribution in [1.82, 2.24) is 10.4 Å². The highest BCUT2D eigenvalue weighted by atomic mass is 35.5. The maximum Gasteiger partial charge on any atom is 0.142 e. The summed E-state index contributed by atoms with van der Waals surface area (Å²) >= 11 is 5.92. The first-order valence-electron chi connectivity index (χ1n) is 5.52. The van der Waals surface area contributed by atoms with E-state index in [1.54, 1.807) is 18.3 Å². The highest BCUT2D eigenvalue weighted by molar-refractivity contribution is 6.31. The number of hydrazine groups is 1. The quantitative estimate of drug-likeness (QED) is 0.660. The Morgan fingerprint density at radius 3 is 2.78 bits per heavy atom. The predicted molar refractivity (Wildman–Crippen MR) is 69.4 cm³/mol. The Bertz CT molecular complexity index is 519. The molecule has 0 aliphatic carbocycles. The van der Waals surface area contributed by atoms with Crippen LogP contribution in [0.3, 0.4) is 0 Å². The maximum absolute atomic E-state index is 13.3. The van der Waals surface area contributed by atoms with E-state index < -0.39 is 5.82 Å². The molecule has 1 unspecified atom stereocenters. The van der Waals surface area contributed by atoms with Gasteiger partial charge in [-0.1, -0.05) is 29.8 Å². The zero-order valence-electron chi connectivity index (χ0n) is 9.61. The molecule has 0 fully saturated rings. The third kappa shape index (κ3) is 2.85. The summed E-state index contributed by atoms with van der Waals surface area (Å²) in [6, 6.07) is 10.1. The number of nitrogens with zero attached hydrogens (tertiary/aromatic N) is 1. The lowest BCUT2D eigenvalue weighted by Gasteiger charge is -2.16. The summed E-state index contributed by atoms with van der Waals surface area (Å²) in [7, 11) is 0. The van der Waals surface area contributed by atoms with Gasteiger partial charge in [-0.25, -0.2) is 4.39 Å². The van der Waals surface area contributed by atoms with Crippen molar-refractivity contribution >= 4 is 11.6 Å². The topological polar surface area (TPSA) is 50.9 Å². The molecule has 1 heterocycles. The SMILES string of the molecule is NNC(Cc1cccc(F)c1Cl)c1ccccn1. The first-order valence-corrected chi connectivity index (χ1v) is 5.90. The van der Waals surface area contributed by atoms with Gasteiger partial charge in [0.1, 0.15) is 5.82 Å². The van der Waals surface area contributed by atoms with Crippen LogP contribution < -0.4 is 11.3 Å². The fraction of sp³-hybridized carbons (Fsp3) is 0.154. The fourth-order valence-corrected chi connectivity index (χ4v) is 1.96. The molecule has 1 aromatic carbocycles. The zero-order valence-corrected chi connectivity index (χ0v) is 10.4. The van der Waals surface area contributed by atoms with Gasteiger partial charge in [0.15, 0.2) is 0 Å². The predicted octanol–water partition coefficient (Wildman–Crippen LogP) is 2.62. The van der Waals surface area contributed by atoms with Crippen LogP contribution in [-0.4, -0.2) is 4.98 Å². The van der Waals surface area contributed by atoms with Gasteiger partial charge >= 0.3 is 0 Å². The van der Waals surface area contributed by atoms with E-state index in [2.05, 4.69) is 10.4 Å². The van der Waals surface area contributed by atoms with Crippen molar-refractivity contribution < 1.29 is 4.39 Å². The smallest absolute Gasteiger partial charge is 0.142 e. The second-order valence-corrected chi connectivity index (χ2v) is 4.27. The Hall–Kier alpha value is -1.49. The fourth-order valence-electron chi connectivity index (χ4n) is 1.76. The summed E-state index contributed by atoms with van der Waals surface area (Å²) in [6.45, 7) is 0. The van der Waals surface area contributed by atoms with Gasteiger partial charge in [0, 0.05) is 6.20 Å². The molecular weight excluding hydrogens is 253 g/mol. The monoisotopic (exact) mass is 265 g/mol. The second-order valence-electron chi connectivity index (χ2n) is 3.89. The van der Waals surface area contributed by atoms with Gasteiger partial charge in [-0.3, -0.25) is 16.3 Å². The van der Waals surface area contributed by atoms with E-state index >= 15 is 0 Å². The molecule has 3 nitrogen and oxygen atoms in total. The van der Waals surface area contributed by atoms with Crippen molar-refractivity contribution in [2.45, 2.75) is 12.5 Å². The summed E-state index contributed by atoms with van der Waals surface area (Å²) in [4.78, 5) is 4.22. The van der Waals surface area contributed by atoms with Crippen molar-refractivity contribution in [1.29, 1.82) is 0 Å². The summed E-state index contributed by atoms with van der Waals surface area (Å²) in [5, 5.41) is 0.133. The van der Waals surface area contributed by atoms with Gasteiger partial charge in [0.05, 0.1) is 16.8 Å². The third-order valence-electron chi connectivity index (χ3n) is 2.70. The first kappa shape index (κ1) is 13.0. The number of benzene rings is 1. The third-order valence-corrected chi connectivity index (χ3v) is 3.12. The zero-order chi connectivity index (χ0) is 13.0. The summed E-state index contributed by atoms with van der Waals surface area (Å²) < 4.78 is 13.3.